The number of hydrogen-bond donors (Lipinski definition) is 0. The third-order valence-corrected chi connectivity index (χ3v) is 6.63. The van der Waals surface area contributed by atoms with Crippen LogP contribution in [0.2, 0.25) is 0 Å². The molecule has 110 valence electrons. The number of hydrogen-bond acceptors (Lipinski definition) is 4. The lowest BCUT2D eigenvalue weighted by atomic mass is 9.98. The summed E-state index contributed by atoms with van der Waals surface area (Å²) in [5.74, 6) is 0.658. The number of carbonyl (C=O) groups is 1. The maximum atomic E-state index is 12.7. The average molecular weight is 318 g/mol. The molecule has 0 radical (unpaired) electrons. The van der Waals surface area contributed by atoms with Crippen LogP contribution in [0, 0.1) is 0 Å². The van der Waals surface area contributed by atoms with Gasteiger partial charge in [-0.2, -0.15) is 0 Å². The number of likely N-dealkylation sites (tertiary alicyclic amines) is 1. The largest absolute Gasteiger partial charge is 0.337 e. The fraction of sp³-hybridized carbons (Fsp3) is 0.500. The van der Waals surface area contributed by atoms with Crippen LogP contribution < -0.4 is 0 Å². The Morgan fingerprint density at radius 3 is 3.10 bits per heavy atom. The van der Waals surface area contributed by atoms with E-state index in [1.807, 2.05) is 16.5 Å². The summed E-state index contributed by atoms with van der Waals surface area (Å²) in [7, 11) is 0. The van der Waals surface area contributed by atoms with Crippen LogP contribution in [0.3, 0.4) is 0 Å². The van der Waals surface area contributed by atoms with Gasteiger partial charge >= 0.3 is 0 Å². The molecule has 1 fully saturated rings. The van der Waals surface area contributed by atoms with E-state index in [1.54, 1.807) is 22.7 Å². The standard InChI is InChI=1S/C16H18N2OS2/c19-16(14-9-11-3-1-5-13(11)21-14)18-7-2-4-12(10-18)15-17-6-8-20-15/h6,8-9,12H,1-5,7,10H2/t12-/m0/s1. The molecule has 0 aromatic carbocycles. The van der Waals surface area contributed by atoms with Crippen LogP contribution in [-0.2, 0) is 12.8 Å². The number of rotatable bonds is 2. The molecule has 0 saturated carbocycles. The molecule has 1 aliphatic heterocycles. The second kappa shape index (κ2) is 5.54. The van der Waals surface area contributed by atoms with Gasteiger partial charge in [-0.05, 0) is 43.7 Å². The zero-order valence-electron chi connectivity index (χ0n) is 11.9. The summed E-state index contributed by atoms with van der Waals surface area (Å²) in [6.45, 7) is 1.72. The summed E-state index contributed by atoms with van der Waals surface area (Å²) < 4.78 is 0. The molecule has 21 heavy (non-hydrogen) atoms. The summed E-state index contributed by atoms with van der Waals surface area (Å²) in [6, 6.07) is 2.14. The first-order valence-electron chi connectivity index (χ1n) is 7.61. The van der Waals surface area contributed by atoms with Crippen molar-refractivity contribution < 1.29 is 4.79 Å². The minimum atomic E-state index is 0.232. The van der Waals surface area contributed by atoms with E-state index in [1.165, 1.54) is 21.9 Å². The van der Waals surface area contributed by atoms with Gasteiger partial charge < -0.3 is 4.90 Å². The fourth-order valence-corrected chi connectivity index (χ4v) is 5.38. The number of fused-ring (bicyclic) bond motifs is 1. The minimum absolute atomic E-state index is 0.232. The smallest absolute Gasteiger partial charge is 0.263 e. The molecule has 3 nitrogen and oxygen atoms in total. The monoisotopic (exact) mass is 318 g/mol. The van der Waals surface area contributed by atoms with E-state index in [0.717, 1.165) is 43.6 Å². The van der Waals surface area contributed by atoms with Gasteiger partial charge in [-0.1, -0.05) is 0 Å². The predicted octanol–water partition coefficient (Wildman–Crippen LogP) is 3.71. The molecule has 0 N–H and O–H groups in total. The van der Waals surface area contributed by atoms with Crippen molar-refractivity contribution in [1.82, 2.24) is 9.88 Å². The highest BCUT2D eigenvalue weighted by Gasteiger charge is 2.28. The Bertz CT molecular complexity index is 626. The normalized spacial score (nSPS) is 21.5. The molecule has 2 aromatic heterocycles. The Hall–Kier alpha value is -1.20. The van der Waals surface area contributed by atoms with E-state index in [-0.39, 0.29) is 5.91 Å². The first-order valence-corrected chi connectivity index (χ1v) is 9.31. The van der Waals surface area contributed by atoms with Crippen molar-refractivity contribution in [3.8, 4) is 0 Å². The number of aromatic nitrogens is 1. The van der Waals surface area contributed by atoms with Crippen molar-refractivity contribution in [2.45, 2.75) is 38.0 Å². The molecule has 1 aliphatic carbocycles. The maximum Gasteiger partial charge on any atom is 0.263 e. The number of thiophene rings is 1. The average Bonchev–Trinajstić information content (AvgIpc) is 3.22. The van der Waals surface area contributed by atoms with Gasteiger partial charge in [0.2, 0.25) is 0 Å². The summed E-state index contributed by atoms with van der Waals surface area (Å²) in [6.07, 6.45) is 7.67. The van der Waals surface area contributed by atoms with Crippen molar-refractivity contribution in [1.29, 1.82) is 0 Å². The van der Waals surface area contributed by atoms with Gasteiger partial charge in [-0.3, -0.25) is 4.79 Å². The minimum Gasteiger partial charge on any atom is -0.337 e. The van der Waals surface area contributed by atoms with E-state index < -0.39 is 0 Å². The number of nitrogens with zero attached hydrogens (tertiary/aromatic N) is 2. The summed E-state index contributed by atoms with van der Waals surface area (Å²) in [4.78, 5) is 21.6. The van der Waals surface area contributed by atoms with Crippen molar-refractivity contribution in [2.75, 3.05) is 13.1 Å². The molecule has 2 aromatic rings. The highest BCUT2D eigenvalue weighted by atomic mass is 32.1. The first kappa shape index (κ1) is 13.5. The molecule has 2 aliphatic rings. The van der Waals surface area contributed by atoms with Crippen molar-refractivity contribution in [3.63, 3.8) is 0 Å². The molecule has 0 unspecified atom stereocenters. The van der Waals surface area contributed by atoms with Gasteiger partial charge in [0.25, 0.3) is 5.91 Å². The topological polar surface area (TPSA) is 33.2 Å². The molecular weight excluding hydrogens is 300 g/mol. The quantitative estimate of drug-likeness (QED) is 0.845. The van der Waals surface area contributed by atoms with E-state index in [4.69, 9.17) is 0 Å². The number of aryl methyl sites for hydroxylation is 2. The van der Waals surface area contributed by atoms with Crippen LogP contribution in [-0.4, -0.2) is 28.9 Å². The van der Waals surface area contributed by atoms with E-state index >= 15 is 0 Å². The number of carbonyl (C=O) groups excluding carboxylic acids is 1. The zero-order valence-corrected chi connectivity index (χ0v) is 13.5. The van der Waals surface area contributed by atoms with Gasteiger partial charge in [0.15, 0.2) is 0 Å². The van der Waals surface area contributed by atoms with Gasteiger partial charge in [0.05, 0.1) is 9.88 Å². The third kappa shape index (κ3) is 2.53. The second-order valence-corrected chi connectivity index (χ2v) is 7.94. The van der Waals surface area contributed by atoms with E-state index in [2.05, 4.69) is 11.1 Å². The molecule has 3 heterocycles. The SMILES string of the molecule is O=C(c1cc2c(s1)CCC2)N1CCC[C@H](c2nccs2)C1. The van der Waals surface area contributed by atoms with Gasteiger partial charge in [-0.25, -0.2) is 4.98 Å². The van der Waals surface area contributed by atoms with Crippen LogP contribution in [0.1, 0.15) is 50.3 Å². The van der Waals surface area contributed by atoms with Gasteiger partial charge in [-0.15, -0.1) is 22.7 Å². The fourth-order valence-electron chi connectivity index (χ4n) is 3.39. The van der Waals surface area contributed by atoms with E-state index in [0.29, 0.717) is 5.92 Å². The summed E-state index contributed by atoms with van der Waals surface area (Å²) in [5, 5.41) is 3.21. The Labute approximate surface area is 132 Å². The first-order chi connectivity index (χ1) is 10.3. The zero-order chi connectivity index (χ0) is 14.2. The van der Waals surface area contributed by atoms with Crippen LogP contribution in [0.5, 0.6) is 0 Å². The molecule has 4 rings (SSSR count). The van der Waals surface area contributed by atoms with E-state index in [9.17, 15) is 4.79 Å². The Morgan fingerprint density at radius 2 is 2.29 bits per heavy atom. The lowest BCUT2D eigenvalue weighted by Gasteiger charge is -2.31. The molecule has 0 bridgehead atoms. The Morgan fingerprint density at radius 1 is 1.33 bits per heavy atom. The highest BCUT2D eigenvalue weighted by Crippen LogP contribution is 2.33. The number of amides is 1. The Kier molecular flexibility index (Phi) is 3.55. The van der Waals surface area contributed by atoms with Gasteiger partial charge in [0.1, 0.15) is 0 Å². The van der Waals surface area contributed by atoms with Crippen LogP contribution >= 0.6 is 22.7 Å². The van der Waals surface area contributed by atoms with Crippen LogP contribution in [0.25, 0.3) is 0 Å². The third-order valence-electron chi connectivity index (χ3n) is 4.47. The predicted molar refractivity (Wildman–Crippen MR) is 86.3 cm³/mol. The number of thiazole rings is 1. The van der Waals surface area contributed by atoms with Crippen molar-refractivity contribution >= 4 is 28.6 Å². The second-order valence-electron chi connectivity index (χ2n) is 5.87. The molecular formula is C16H18N2OS2. The molecule has 1 amide bonds. The van der Waals surface area contributed by atoms with Crippen molar-refractivity contribution in [3.05, 3.63) is 38.0 Å². The summed E-state index contributed by atoms with van der Waals surface area (Å²) in [5.41, 5.74) is 1.41. The Balaban J connectivity index is 1.51. The molecule has 1 atom stereocenters. The lowest BCUT2D eigenvalue weighted by Crippen LogP contribution is -2.38. The molecule has 0 spiro atoms. The van der Waals surface area contributed by atoms with Crippen LogP contribution in [0.4, 0.5) is 0 Å². The molecule has 1 saturated heterocycles. The highest BCUT2D eigenvalue weighted by molar-refractivity contribution is 7.14. The number of piperidine rings is 1. The van der Waals surface area contributed by atoms with Crippen molar-refractivity contribution in [2.24, 2.45) is 0 Å². The molecule has 5 heteroatoms. The summed E-state index contributed by atoms with van der Waals surface area (Å²) >= 11 is 3.43. The maximum absolute atomic E-state index is 12.7. The van der Waals surface area contributed by atoms with Gasteiger partial charge in [0, 0.05) is 35.5 Å². The lowest BCUT2D eigenvalue weighted by molar-refractivity contribution is 0.0712. The van der Waals surface area contributed by atoms with Crippen LogP contribution in [0.15, 0.2) is 17.6 Å².